The van der Waals surface area contributed by atoms with Gasteiger partial charge in [0.15, 0.2) is 0 Å². The highest BCUT2D eigenvalue weighted by molar-refractivity contribution is 7.89. The first-order chi connectivity index (χ1) is 13.0. The number of hydrogen-bond acceptors (Lipinski definition) is 6. The number of sulfonamides is 1. The van der Waals surface area contributed by atoms with Gasteiger partial charge in [-0.15, -0.1) is 0 Å². The van der Waals surface area contributed by atoms with E-state index in [1.54, 1.807) is 22.6 Å². The molecule has 1 aromatic carbocycles. The summed E-state index contributed by atoms with van der Waals surface area (Å²) in [6.07, 6.45) is 4.16. The average Bonchev–Trinajstić information content (AvgIpc) is 3.23. The number of aromatic nitrogens is 2. The van der Waals surface area contributed by atoms with Crippen molar-refractivity contribution in [2.24, 2.45) is 0 Å². The van der Waals surface area contributed by atoms with Gasteiger partial charge in [-0.3, -0.25) is 0 Å². The number of benzene rings is 1. The maximum Gasteiger partial charge on any atom is 0.243 e. The Hall–Kier alpha value is -2.19. The van der Waals surface area contributed by atoms with Crippen LogP contribution in [0.25, 0.3) is 0 Å². The third-order valence-electron chi connectivity index (χ3n) is 5.24. The van der Waals surface area contributed by atoms with Crippen LogP contribution in [0.15, 0.2) is 41.4 Å². The molecule has 144 valence electrons. The number of hydrogen-bond donors (Lipinski definition) is 0. The normalized spacial score (nSPS) is 18.9. The van der Waals surface area contributed by atoms with E-state index >= 15 is 0 Å². The quantitative estimate of drug-likeness (QED) is 0.798. The van der Waals surface area contributed by atoms with Crippen LogP contribution in [0.2, 0.25) is 0 Å². The van der Waals surface area contributed by atoms with Crippen molar-refractivity contribution in [3.05, 3.63) is 42.1 Å². The molecule has 27 heavy (non-hydrogen) atoms. The van der Waals surface area contributed by atoms with Gasteiger partial charge in [-0.1, -0.05) is 17.7 Å². The van der Waals surface area contributed by atoms with E-state index in [0.29, 0.717) is 31.1 Å². The topological polar surface area (TPSA) is 69.6 Å². The average molecular weight is 388 g/mol. The van der Waals surface area contributed by atoms with Crippen LogP contribution in [0, 0.1) is 6.92 Å². The van der Waals surface area contributed by atoms with Gasteiger partial charge in [-0.25, -0.2) is 13.4 Å². The van der Waals surface area contributed by atoms with Crippen LogP contribution in [-0.2, 0) is 10.0 Å². The second kappa shape index (κ2) is 7.44. The molecule has 0 N–H and O–H groups in total. The zero-order valence-electron chi connectivity index (χ0n) is 15.6. The molecule has 1 aromatic heterocycles. The Morgan fingerprint density at radius 1 is 0.852 bits per heavy atom. The number of nitrogens with zero attached hydrogens (tertiary/aromatic N) is 5. The van der Waals surface area contributed by atoms with E-state index in [0.717, 1.165) is 30.4 Å². The van der Waals surface area contributed by atoms with E-state index in [2.05, 4.69) is 14.8 Å². The van der Waals surface area contributed by atoms with Crippen molar-refractivity contribution in [3.8, 4) is 0 Å². The van der Waals surface area contributed by atoms with Crippen molar-refractivity contribution in [1.29, 1.82) is 0 Å². The largest absolute Gasteiger partial charge is 0.354 e. The summed E-state index contributed by atoms with van der Waals surface area (Å²) in [4.78, 5) is 13.8. The molecule has 0 aliphatic carbocycles. The van der Waals surface area contributed by atoms with Gasteiger partial charge < -0.3 is 9.80 Å². The van der Waals surface area contributed by atoms with Gasteiger partial charge in [-0.05, 0) is 38.0 Å². The Morgan fingerprint density at radius 2 is 1.52 bits per heavy atom. The van der Waals surface area contributed by atoms with Gasteiger partial charge in [0.05, 0.1) is 4.90 Å². The highest BCUT2D eigenvalue weighted by atomic mass is 32.2. The molecule has 2 aliphatic heterocycles. The molecule has 0 spiro atoms. The lowest BCUT2D eigenvalue weighted by Crippen LogP contribution is -2.49. The van der Waals surface area contributed by atoms with Crippen LogP contribution < -0.4 is 9.80 Å². The lowest BCUT2D eigenvalue weighted by Gasteiger charge is -2.34. The third kappa shape index (κ3) is 3.77. The highest BCUT2D eigenvalue weighted by Crippen LogP contribution is 2.22. The van der Waals surface area contributed by atoms with E-state index in [-0.39, 0.29) is 0 Å². The Labute approximate surface area is 160 Å². The van der Waals surface area contributed by atoms with E-state index in [9.17, 15) is 8.42 Å². The van der Waals surface area contributed by atoms with Crippen LogP contribution in [0.1, 0.15) is 18.4 Å². The summed E-state index contributed by atoms with van der Waals surface area (Å²) in [6.45, 7) is 6.13. The van der Waals surface area contributed by atoms with Crippen LogP contribution in [0.5, 0.6) is 0 Å². The number of aryl methyl sites for hydroxylation is 1. The number of rotatable bonds is 4. The first-order valence-electron chi connectivity index (χ1n) is 9.44. The molecule has 2 aromatic rings. The highest BCUT2D eigenvalue weighted by Gasteiger charge is 2.29. The van der Waals surface area contributed by atoms with Crippen molar-refractivity contribution in [1.82, 2.24) is 14.3 Å². The third-order valence-corrected chi connectivity index (χ3v) is 7.15. The fraction of sp³-hybridized carbons (Fsp3) is 0.474. The minimum atomic E-state index is -3.44. The molecule has 3 heterocycles. The van der Waals surface area contributed by atoms with Gasteiger partial charge in [0.1, 0.15) is 5.82 Å². The summed E-state index contributed by atoms with van der Waals surface area (Å²) in [5.41, 5.74) is 1.05. The molecule has 0 saturated carbocycles. The molecule has 0 amide bonds. The molecule has 0 atom stereocenters. The minimum Gasteiger partial charge on any atom is -0.354 e. The summed E-state index contributed by atoms with van der Waals surface area (Å²) < 4.78 is 27.3. The first-order valence-corrected chi connectivity index (χ1v) is 10.9. The lowest BCUT2D eigenvalue weighted by molar-refractivity contribution is 0.384. The van der Waals surface area contributed by atoms with Gasteiger partial charge in [0.2, 0.25) is 16.0 Å². The maximum absolute atomic E-state index is 12.8. The Balaban J connectivity index is 1.44. The Kier molecular flexibility index (Phi) is 5.01. The van der Waals surface area contributed by atoms with Gasteiger partial charge in [-0.2, -0.15) is 9.29 Å². The molecule has 0 radical (unpaired) electrons. The summed E-state index contributed by atoms with van der Waals surface area (Å²) >= 11 is 0. The van der Waals surface area contributed by atoms with Crippen molar-refractivity contribution < 1.29 is 8.42 Å². The molecular formula is C19H25N5O2S. The van der Waals surface area contributed by atoms with E-state index < -0.39 is 10.0 Å². The fourth-order valence-electron chi connectivity index (χ4n) is 3.60. The van der Waals surface area contributed by atoms with Crippen molar-refractivity contribution in [2.75, 3.05) is 49.1 Å². The summed E-state index contributed by atoms with van der Waals surface area (Å²) in [5.74, 6) is 1.65. The van der Waals surface area contributed by atoms with Gasteiger partial charge in [0, 0.05) is 45.5 Å². The van der Waals surface area contributed by atoms with Gasteiger partial charge in [0.25, 0.3) is 0 Å². The van der Waals surface area contributed by atoms with Crippen LogP contribution in [0.4, 0.5) is 11.8 Å². The molecular weight excluding hydrogens is 362 g/mol. The zero-order chi connectivity index (χ0) is 18.9. The molecule has 2 aliphatic rings. The molecule has 4 rings (SSSR count). The maximum atomic E-state index is 12.8. The van der Waals surface area contributed by atoms with Crippen LogP contribution >= 0.6 is 0 Å². The zero-order valence-corrected chi connectivity index (χ0v) is 16.4. The van der Waals surface area contributed by atoms with E-state index in [1.807, 2.05) is 25.1 Å². The second-order valence-corrected chi connectivity index (χ2v) is 9.05. The number of piperazine rings is 1. The summed E-state index contributed by atoms with van der Waals surface area (Å²) in [7, 11) is -3.44. The smallest absolute Gasteiger partial charge is 0.243 e. The fourth-order valence-corrected chi connectivity index (χ4v) is 5.02. The van der Waals surface area contributed by atoms with Crippen molar-refractivity contribution >= 4 is 21.8 Å². The predicted molar refractivity (Wildman–Crippen MR) is 106 cm³/mol. The monoisotopic (exact) mass is 387 g/mol. The van der Waals surface area contributed by atoms with Gasteiger partial charge >= 0.3 is 0 Å². The standard InChI is InChI=1S/C19H25N5O2S/c1-16-4-6-17(7-5-16)27(25,26)24-14-12-22(13-15-24)18-8-9-20-19(21-18)23-10-2-3-11-23/h4-9H,2-3,10-15H2,1H3. The van der Waals surface area contributed by atoms with E-state index in [1.165, 1.54) is 12.8 Å². The van der Waals surface area contributed by atoms with Crippen molar-refractivity contribution in [2.45, 2.75) is 24.7 Å². The van der Waals surface area contributed by atoms with Crippen molar-refractivity contribution in [3.63, 3.8) is 0 Å². The predicted octanol–water partition coefficient (Wildman–Crippen LogP) is 1.90. The lowest BCUT2D eigenvalue weighted by atomic mass is 10.2. The van der Waals surface area contributed by atoms with Crippen LogP contribution in [0.3, 0.4) is 0 Å². The summed E-state index contributed by atoms with van der Waals surface area (Å²) in [6, 6.07) is 8.95. The Bertz CT molecular complexity index is 887. The molecule has 7 nitrogen and oxygen atoms in total. The number of anilines is 2. The molecule has 2 fully saturated rings. The molecule has 8 heteroatoms. The molecule has 0 bridgehead atoms. The summed E-state index contributed by atoms with van der Waals surface area (Å²) in [5, 5.41) is 0. The second-order valence-electron chi connectivity index (χ2n) is 7.11. The first kappa shape index (κ1) is 18.2. The Morgan fingerprint density at radius 3 is 2.19 bits per heavy atom. The van der Waals surface area contributed by atoms with Crippen LogP contribution in [-0.4, -0.2) is 62.0 Å². The molecule has 2 saturated heterocycles. The molecule has 0 unspecified atom stereocenters. The minimum absolute atomic E-state index is 0.361. The SMILES string of the molecule is Cc1ccc(S(=O)(=O)N2CCN(c3ccnc(N4CCCC4)n3)CC2)cc1. The van der Waals surface area contributed by atoms with E-state index in [4.69, 9.17) is 4.98 Å².